The van der Waals surface area contributed by atoms with Crippen molar-refractivity contribution in [1.82, 2.24) is 0 Å². The predicted molar refractivity (Wildman–Crippen MR) is 270 cm³/mol. The number of hydrogen-bond acceptors (Lipinski definition) is 16. The maximum atomic E-state index is 13.6. The molecule has 0 aromatic heterocycles. The largest absolute Gasteiger partial charge is 0.459 e. The molecular formula is C55H72N4O12. The van der Waals surface area contributed by atoms with Gasteiger partial charge in [-0.25, -0.2) is 9.59 Å². The topological polar surface area (TPSA) is 223 Å². The van der Waals surface area contributed by atoms with E-state index in [1.807, 2.05) is 69.3 Å². The second-order valence-electron chi connectivity index (χ2n) is 18.9. The number of aliphatic hydroxyl groups excluding tert-OH is 2. The van der Waals surface area contributed by atoms with Crippen LogP contribution in [0, 0.1) is 0 Å². The van der Waals surface area contributed by atoms with Gasteiger partial charge in [0, 0.05) is 48.7 Å². The first-order chi connectivity index (χ1) is 34.1. The van der Waals surface area contributed by atoms with Crippen LogP contribution < -0.4 is 21.3 Å². The summed E-state index contributed by atoms with van der Waals surface area (Å²) in [6.07, 6.45) is -0.367. The molecule has 6 rings (SSSR count). The first kappa shape index (κ1) is 54.8. The molecule has 4 aromatic carbocycles. The summed E-state index contributed by atoms with van der Waals surface area (Å²) in [5.74, 6) is -1.57. The van der Waals surface area contributed by atoms with E-state index in [1.54, 1.807) is 55.5 Å². The van der Waals surface area contributed by atoms with Gasteiger partial charge in [-0.05, 0) is 123 Å². The number of ether oxygens (including phenoxy) is 6. The number of morpholine rings is 2. The van der Waals surface area contributed by atoms with E-state index in [1.165, 1.54) is 0 Å². The van der Waals surface area contributed by atoms with Gasteiger partial charge < -0.3 is 59.9 Å². The number of ketones is 2. The zero-order valence-corrected chi connectivity index (χ0v) is 41.6. The highest BCUT2D eigenvalue weighted by atomic mass is 16.6. The second-order valence-corrected chi connectivity index (χ2v) is 18.9. The van der Waals surface area contributed by atoms with Gasteiger partial charge in [0.1, 0.15) is 25.4 Å². The van der Waals surface area contributed by atoms with Gasteiger partial charge in [0.05, 0.1) is 74.1 Å². The maximum Gasteiger partial charge on any atom is 0.338 e. The third kappa shape index (κ3) is 15.2. The minimum atomic E-state index is -1.14. The molecule has 16 heteroatoms. The summed E-state index contributed by atoms with van der Waals surface area (Å²) >= 11 is 0. The minimum absolute atomic E-state index is 0.0619. The minimum Gasteiger partial charge on any atom is -0.459 e. The second kappa shape index (κ2) is 25.7. The number of hydrogen-bond donors (Lipinski definition) is 4. The van der Waals surface area contributed by atoms with Gasteiger partial charge in [0.15, 0.2) is 11.6 Å². The first-order valence-corrected chi connectivity index (χ1v) is 24.7. The number of Topliss-reactive ketones (excluding diaryl/α,β-unsaturated/α-hetero) is 2. The number of esters is 2. The van der Waals surface area contributed by atoms with Crippen LogP contribution in [-0.4, -0.2) is 148 Å². The summed E-state index contributed by atoms with van der Waals surface area (Å²) in [6.45, 7) is 12.5. The highest BCUT2D eigenvalue weighted by molar-refractivity contribution is 6.04. The lowest BCUT2D eigenvalue weighted by molar-refractivity contribution is -0.125. The molecule has 0 bridgehead atoms. The monoisotopic (exact) mass is 981 g/mol. The third-order valence-corrected chi connectivity index (χ3v) is 13.5. The van der Waals surface area contributed by atoms with Crippen molar-refractivity contribution < 1.29 is 57.8 Å². The standard InChI is InChI=1S/C55H72N4O12/c1-5-53(4,71-37-48(61)36-70-52(65)44-14-10-40(11-15-44)33-55(57,7-3)50(63)42-18-22-46(23-19-42)59-26-30-67-31-27-59)38-68-34-47(60)35-69-51(64)43-12-8-39(9-13-43)32-54(56,6-2)49(62)41-16-20-45(21-17-41)58-24-28-66-29-25-58/h8-23,47-48,60-61H,5-7,24-38,56-57H2,1-4H3. The molecule has 2 aliphatic rings. The fraction of sp³-hybridized carbons (Fsp3) is 0.491. The molecule has 0 amide bonds. The number of nitrogens with zero attached hydrogens (tertiary/aromatic N) is 2. The van der Waals surface area contributed by atoms with Gasteiger partial charge in [-0.2, -0.15) is 0 Å². The molecule has 0 radical (unpaired) electrons. The number of aliphatic hydroxyl groups is 2. The molecule has 2 aliphatic heterocycles. The van der Waals surface area contributed by atoms with Gasteiger partial charge in [-0.3, -0.25) is 9.59 Å². The molecule has 2 fully saturated rings. The summed E-state index contributed by atoms with van der Waals surface area (Å²) in [7, 11) is 0. The number of carbonyl (C=O) groups is 4. The number of anilines is 2. The molecule has 384 valence electrons. The molecule has 5 atom stereocenters. The Morgan fingerprint density at radius 1 is 0.549 bits per heavy atom. The molecule has 16 nitrogen and oxygen atoms in total. The fourth-order valence-corrected chi connectivity index (χ4v) is 8.40. The van der Waals surface area contributed by atoms with E-state index in [-0.39, 0.29) is 68.6 Å². The van der Waals surface area contributed by atoms with Gasteiger partial charge in [-0.15, -0.1) is 0 Å². The molecule has 4 aromatic rings. The number of rotatable bonds is 26. The molecule has 5 unspecified atom stereocenters. The average Bonchev–Trinajstić information content (AvgIpc) is 3.41. The molecule has 2 saturated heterocycles. The van der Waals surface area contributed by atoms with Crippen molar-refractivity contribution in [2.45, 2.75) is 88.7 Å². The summed E-state index contributed by atoms with van der Waals surface area (Å²) < 4.78 is 33.3. The van der Waals surface area contributed by atoms with E-state index >= 15 is 0 Å². The lowest BCUT2D eigenvalue weighted by atomic mass is 9.82. The Morgan fingerprint density at radius 3 is 1.28 bits per heavy atom. The van der Waals surface area contributed by atoms with Crippen LogP contribution >= 0.6 is 0 Å². The van der Waals surface area contributed by atoms with Crippen LogP contribution in [-0.2, 0) is 41.3 Å². The average molecular weight is 981 g/mol. The summed E-state index contributed by atoms with van der Waals surface area (Å²) in [5, 5.41) is 21.2. The third-order valence-electron chi connectivity index (χ3n) is 13.5. The smallest absolute Gasteiger partial charge is 0.338 e. The number of benzene rings is 4. The normalized spacial score (nSPS) is 17.5. The Kier molecular flexibility index (Phi) is 19.8. The Morgan fingerprint density at radius 2 is 0.915 bits per heavy atom. The quantitative estimate of drug-likeness (QED) is 0.0459. The molecule has 2 heterocycles. The number of nitrogens with two attached hydrogens (primary N) is 2. The molecule has 6 N–H and O–H groups in total. The predicted octanol–water partition coefficient (Wildman–Crippen LogP) is 5.36. The van der Waals surface area contributed by atoms with Gasteiger partial charge in [0.25, 0.3) is 0 Å². The van der Waals surface area contributed by atoms with E-state index in [0.29, 0.717) is 56.8 Å². The van der Waals surface area contributed by atoms with E-state index in [4.69, 9.17) is 39.9 Å². The van der Waals surface area contributed by atoms with Crippen molar-refractivity contribution >= 4 is 34.9 Å². The van der Waals surface area contributed by atoms with Crippen LogP contribution in [0.4, 0.5) is 11.4 Å². The maximum absolute atomic E-state index is 13.6. The van der Waals surface area contributed by atoms with Crippen LogP contribution in [0.5, 0.6) is 0 Å². The van der Waals surface area contributed by atoms with Gasteiger partial charge in [0.2, 0.25) is 0 Å². The van der Waals surface area contributed by atoms with E-state index in [0.717, 1.165) is 48.7 Å². The Labute approximate surface area is 417 Å². The van der Waals surface area contributed by atoms with Crippen LogP contribution in [0.15, 0.2) is 97.1 Å². The van der Waals surface area contributed by atoms with Gasteiger partial charge in [-0.1, -0.05) is 45.0 Å². The highest BCUT2D eigenvalue weighted by Gasteiger charge is 2.35. The highest BCUT2D eigenvalue weighted by Crippen LogP contribution is 2.26. The van der Waals surface area contributed by atoms with Crippen LogP contribution in [0.1, 0.15) is 99.5 Å². The molecule has 71 heavy (non-hydrogen) atoms. The summed E-state index contributed by atoms with van der Waals surface area (Å²) in [6, 6.07) is 28.4. The van der Waals surface area contributed by atoms with Crippen LogP contribution in [0.3, 0.4) is 0 Å². The van der Waals surface area contributed by atoms with Crippen molar-refractivity contribution in [1.29, 1.82) is 0 Å². The molecular weight excluding hydrogens is 909 g/mol. The molecule has 0 spiro atoms. The summed E-state index contributed by atoms with van der Waals surface area (Å²) in [5.41, 5.74) is 15.6. The zero-order valence-electron chi connectivity index (χ0n) is 41.6. The van der Waals surface area contributed by atoms with Gasteiger partial charge >= 0.3 is 11.9 Å². The van der Waals surface area contributed by atoms with Crippen molar-refractivity contribution in [2.75, 3.05) is 95.4 Å². The van der Waals surface area contributed by atoms with Crippen molar-refractivity contribution in [3.63, 3.8) is 0 Å². The van der Waals surface area contributed by atoms with E-state index < -0.39 is 40.8 Å². The molecule has 0 aliphatic carbocycles. The van der Waals surface area contributed by atoms with E-state index in [9.17, 15) is 29.4 Å². The van der Waals surface area contributed by atoms with Crippen molar-refractivity contribution in [3.05, 3.63) is 130 Å². The fourth-order valence-electron chi connectivity index (χ4n) is 8.40. The Bertz CT molecular complexity index is 2340. The van der Waals surface area contributed by atoms with Crippen molar-refractivity contribution in [2.24, 2.45) is 11.5 Å². The lowest BCUT2D eigenvalue weighted by Gasteiger charge is -2.30. The number of carbonyl (C=O) groups excluding carboxylic acids is 4. The van der Waals surface area contributed by atoms with E-state index in [2.05, 4.69) is 9.80 Å². The zero-order chi connectivity index (χ0) is 51.0. The SMILES string of the molecule is CCC(C)(COCC(O)COC(=O)c1ccc(CC(N)(CC)C(=O)c2ccc(N3CCOCC3)cc2)cc1)OCC(O)COC(=O)c1ccc(CC(N)(CC)C(=O)c2ccc(N3CCOCC3)cc2)cc1. The van der Waals surface area contributed by atoms with Crippen molar-refractivity contribution in [3.8, 4) is 0 Å². The Hall–Kier alpha value is -5.56. The van der Waals surface area contributed by atoms with Crippen LogP contribution in [0.25, 0.3) is 0 Å². The molecule has 0 saturated carbocycles. The lowest BCUT2D eigenvalue weighted by Crippen LogP contribution is -2.49. The van der Waals surface area contributed by atoms with Crippen LogP contribution in [0.2, 0.25) is 0 Å². The first-order valence-electron chi connectivity index (χ1n) is 24.7. The summed E-state index contributed by atoms with van der Waals surface area (Å²) in [4.78, 5) is 57.4. The Balaban J connectivity index is 0.873.